The van der Waals surface area contributed by atoms with E-state index in [-0.39, 0.29) is 35.2 Å². The van der Waals surface area contributed by atoms with Crippen LogP contribution in [-0.2, 0) is 40.3 Å². The monoisotopic (exact) mass is 552 g/mol. The van der Waals surface area contributed by atoms with Crippen LogP contribution in [0.2, 0.25) is 0 Å². The first-order valence-electron chi connectivity index (χ1n) is 13.0. The number of hydrogen-bond donors (Lipinski definition) is 0. The first-order valence-corrected chi connectivity index (χ1v) is 16.7. The number of terminal acetylenes is 1. The molecule has 0 bridgehead atoms. The number of ether oxygens (including phenoxy) is 2. The maximum Gasteiger partial charge on any atom is 0.306 e. The van der Waals surface area contributed by atoms with E-state index in [0.717, 1.165) is 62.2 Å². The van der Waals surface area contributed by atoms with Crippen molar-refractivity contribution in [1.29, 1.82) is 0 Å². The van der Waals surface area contributed by atoms with Gasteiger partial charge in [-0.1, -0.05) is 18.9 Å². The van der Waals surface area contributed by atoms with Gasteiger partial charge in [-0.25, -0.2) is 0 Å². The molecule has 0 spiro atoms. The molecule has 8 nitrogen and oxygen atoms in total. The van der Waals surface area contributed by atoms with Crippen LogP contribution in [0.15, 0.2) is 18.2 Å². The van der Waals surface area contributed by atoms with Crippen molar-refractivity contribution in [1.82, 2.24) is 0 Å². The predicted octanol–water partition coefficient (Wildman–Crippen LogP) is 3.75. The molecular weight excluding hydrogens is 516 g/mol. The van der Waals surface area contributed by atoms with Gasteiger partial charge in [0.05, 0.1) is 18.6 Å². The normalized spacial score (nSPS) is 37.6. The molecule has 1 aromatic rings. The van der Waals surface area contributed by atoms with Gasteiger partial charge in [0.2, 0.25) is 0 Å². The third kappa shape index (κ3) is 5.06. The Morgan fingerprint density at radius 3 is 2.49 bits per heavy atom. The molecule has 10 heteroatoms. The highest BCUT2D eigenvalue weighted by Gasteiger charge is 2.65. The van der Waals surface area contributed by atoms with Crippen molar-refractivity contribution in [2.45, 2.75) is 82.2 Å². The van der Waals surface area contributed by atoms with Crippen molar-refractivity contribution in [2.24, 2.45) is 17.3 Å². The Kier molecular flexibility index (Phi) is 6.94. The van der Waals surface area contributed by atoms with Gasteiger partial charge in [0, 0.05) is 18.4 Å². The summed E-state index contributed by atoms with van der Waals surface area (Å²) in [4.78, 5) is 0. The molecule has 3 aliphatic carbocycles. The molecule has 1 saturated heterocycles. The molecule has 0 amide bonds. The minimum absolute atomic E-state index is 0.0559. The fourth-order valence-electron chi connectivity index (χ4n) is 7.59. The van der Waals surface area contributed by atoms with E-state index in [1.165, 1.54) is 0 Å². The van der Waals surface area contributed by atoms with Gasteiger partial charge < -0.3 is 13.7 Å². The zero-order valence-corrected chi connectivity index (χ0v) is 23.3. The molecule has 1 aliphatic heterocycles. The highest BCUT2D eigenvalue weighted by Crippen LogP contribution is 2.66. The molecule has 1 aromatic carbocycles. The van der Waals surface area contributed by atoms with E-state index in [1.807, 2.05) is 6.07 Å². The second kappa shape index (κ2) is 9.53. The summed E-state index contributed by atoms with van der Waals surface area (Å²) in [5.41, 5.74) is 0.802. The first kappa shape index (κ1) is 26.9. The van der Waals surface area contributed by atoms with Crippen molar-refractivity contribution in [3.05, 3.63) is 29.3 Å². The minimum Gasteiger partial charge on any atom is -0.383 e. The van der Waals surface area contributed by atoms with Crippen molar-refractivity contribution in [3.63, 3.8) is 0 Å². The molecule has 204 valence electrons. The molecule has 2 saturated carbocycles. The van der Waals surface area contributed by atoms with E-state index in [1.54, 1.807) is 12.1 Å². The lowest BCUT2D eigenvalue weighted by atomic mass is 9.52. The maximum atomic E-state index is 12.4. The number of rotatable bonds is 6. The Bertz CT molecular complexity index is 1290. The maximum absolute atomic E-state index is 12.4. The molecule has 5 rings (SSSR count). The molecule has 3 fully saturated rings. The second-order valence-electron chi connectivity index (χ2n) is 11.4. The smallest absolute Gasteiger partial charge is 0.306 e. The van der Waals surface area contributed by atoms with E-state index >= 15 is 0 Å². The average Bonchev–Trinajstić information content (AvgIpc) is 3.09. The molecule has 0 N–H and O–H groups in total. The van der Waals surface area contributed by atoms with E-state index in [9.17, 15) is 16.8 Å². The Labute approximate surface area is 220 Å². The third-order valence-corrected chi connectivity index (χ3v) is 10.2. The number of hydrogen-bond acceptors (Lipinski definition) is 8. The Morgan fingerprint density at radius 1 is 1.05 bits per heavy atom. The second-order valence-corrected chi connectivity index (χ2v) is 14.5. The van der Waals surface area contributed by atoms with Gasteiger partial charge in [0.25, 0.3) is 10.1 Å². The summed E-state index contributed by atoms with van der Waals surface area (Å²) in [6.07, 6.45) is 13.7. The summed E-state index contributed by atoms with van der Waals surface area (Å²) in [6.45, 7) is 2.86. The highest BCUT2D eigenvalue weighted by atomic mass is 32.2. The summed E-state index contributed by atoms with van der Waals surface area (Å²) < 4.78 is 71.4. The van der Waals surface area contributed by atoms with Crippen LogP contribution in [-0.4, -0.2) is 53.9 Å². The van der Waals surface area contributed by atoms with Gasteiger partial charge in [-0.05, 0) is 86.0 Å². The molecule has 0 radical (unpaired) electrons. The largest absolute Gasteiger partial charge is 0.383 e. The lowest BCUT2D eigenvalue weighted by Gasteiger charge is -2.55. The summed E-state index contributed by atoms with van der Waals surface area (Å²) in [5, 5.41) is 0. The molecule has 4 aliphatic rings. The minimum atomic E-state index is -3.74. The molecule has 37 heavy (non-hydrogen) atoms. The van der Waals surface area contributed by atoms with Gasteiger partial charge in [-0.3, -0.25) is 4.18 Å². The Balaban J connectivity index is 1.51. The average molecular weight is 553 g/mol. The number of fused-ring (bicyclic) bond motifs is 5. The first-order chi connectivity index (χ1) is 17.3. The zero-order chi connectivity index (χ0) is 26.6. The topological polar surface area (TPSA) is 105 Å². The van der Waals surface area contributed by atoms with Crippen LogP contribution in [0.3, 0.4) is 0 Å². The van der Waals surface area contributed by atoms with Crippen LogP contribution < -0.4 is 4.18 Å². The molecule has 0 aromatic heterocycles. The van der Waals surface area contributed by atoms with Gasteiger partial charge in [0.15, 0.2) is 6.29 Å². The lowest BCUT2D eigenvalue weighted by Crippen LogP contribution is -2.55. The molecular formula is C27H36O8S2. The van der Waals surface area contributed by atoms with Crippen LogP contribution >= 0.6 is 0 Å². The number of benzene rings is 1. The van der Waals surface area contributed by atoms with Gasteiger partial charge >= 0.3 is 10.1 Å². The van der Waals surface area contributed by atoms with Crippen LogP contribution in [0.4, 0.5) is 0 Å². The van der Waals surface area contributed by atoms with Crippen molar-refractivity contribution < 1.29 is 34.7 Å². The van der Waals surface area contributed by atoms with Crippen molar-refractivity contribution in [2.75, 3.05) is 19.1 Å². The predicted molar refractivity (Wildman–Crippen MR) is 138 cm³/mol. The van der Waals surface area contributed by atoms with Crippen molar-refractivity contribution in [3.8, 4) is 18.1 Å². The fraction of sp³-hybridized carbons (Fsp3) is 0.704. The van der Waals surface area contributed by atoms with Crippen molar-refractivity contribution >= 4 is 20.2 Å². The summed E-state index contributed by atoms with van der Waals surface area (Å²) in [5.74, 6) is 3.33. The molecule has 1 heterocycles. The Hall–Kier alpha value is -1.64. The quantitative estimate of drug-likeness (QED) is 0.388. The standard InChI is InChI=1S/C27H36O8S2/c1-5-27(33-24-8-6-7-15-32-24)14-12-22-25-21(11-13-26(22,27)2)20-10-9-19(34-36(3,28)29)16-18(20)17-23(25)35-37(4,30)31/h1,9-10,16,21-25H,6-8,11-15,17H2,2-4H3/t21-,22+,23-,24?,25-,26+,27+/m1/s1. The fourth-order valence-corrected chi connectivity index (χ4v) is 8.69. The van der Waals surface area contributed by atoms with E-state index in [0.29, 0.717) is 19.4 Å². The lowest BCUT2D eigenvalue weighted by molar-refractivity contribution is -0.240. The van der Waals surface area contributed by atoms with E-state index in [4.69, 9.17) is 24.3 Å². The van der Waals surface area contributed by atoms with E-state index in [2.05, 4.69) is 12.8 Å². The van der Waals surface area contributed by atoms with Gasteiger partial charge in [0.1, 0.15) is 11.4 Å². The summed E-state index contributed by atoms with van der Waals surface area (Å²) in [6, 6.07) is 5.29. The molecule has 1 unspecified atom stereocenters. The van der Waals surface area contributed by atoms with Crippen LogP contribution in [0.1, 0.15) is 68.9 Å². The third-order valence-electron chi connectivity index (χ3n) is 9.07. The highest BCUT2D eigenvalue weighted by molar-refractivity contribution is 7.86. The van der Waals surface area contributed by atoms with Gasteiger partial charge in [-0.2, -0.15) is 16.8 Å². The summed E-state index contributed by atoms with van der Waals surface area (Å²) in [7, 11) is -7.43. The van der Waals surface area contributed by atoms with Crippen LogP contribution in [0.25, 0.3) is 0 Å². The zero-order valence-electron chi connectivity index (χ0n) is 21.6. The Morgan fingerprint density at radius 2 is 1.84 bits per heavy atom. The van der Waals surface area contributed by atoms with E-state index < -0.39 is 31.9 Å². The molecule has 7 atom stereocenters. The van der Waals surface area contributed by atoms with Gasteiger partial charge in [-0.15, -0.1) is 6.42 Å². The summed E-state index contributed by atoms with van der Waals surface area (Å²) >= 11 is 0. The van der Waals surface area contributed by atoms with Crippen LogP contribution in [0.5, 0.6) is 5.75 Å². The SMILES string of the molecule is C#C[C@]1(OC2CCCCO2)CC[C@H]2[C@H]3[C@H](CC[C@@]21C)c1ccc(OS(C)(=O)=O)cc1C[C@H]3OS(C)(=O)=O. The van der Waals surface area contributed by atoms with Crippen LogP contribution in [0, 0.1) is 29.6 Å².